The lowest BCUT2D eigenvalue weighted by Gasteiger charge is -2.44. The van der Waals surface area contributed by atoms with Crippen LogP contribution in [-0.4, -0.2) is 40.5 Å². The molecule has 0 radical (unpaired) electrons. The average molecular weight is 217 g/mol. The summed E-state index contributed by atoms with van der Waals surface area (Å²) in [5, 5.41) is 12.0. The average Bonchev–Trinajstić information content (AvgIpc) is 2.48. The van der Waals surface area contributed by atoms with Gasteiger partial charge in [0, 0.05) is 25.2 Å². The lowest BCUT2D eigenvalue weighted by atomic mass is 9.88. The van der Waals surface area contributed by atoms with E-state index in [4.69, 9.17) is 9.84 Å². The third kappa shape index (κ3) is 1.76. The van der Waals surface area contributed by atoms with Crippen molar-refractivity contribution >= 4 is 17.7 Å². The highest BCUT2D eigenvalue weighted by Crippen LogP contribution is 2.47. The minimum absolute atomic E-state index is 0.00287. The van der Waals surface area contributed by atoms with Crippen LogP contribution < -0.4 is 5.32 Å². The molecule has 2 rings (SSSR count). The van der Waals surface area contributed by atoms with Gasteiger partial charge in [-0.2, -0.15) is 0 Å². The summed E-state index contributed by atoms with van der Waals surface area (Å²) in [4.78, 5) is 10.7. The predicted molar refractivity (Wildman–Crippen MR) is 54.4 cm³/mol. The van der Waals surface area contributed by atoms with Gasteiger partial charge in [-0.3, -0.25) is 10.1 Å². The zero-order valence-electron chi connectivity index (χ0n) is 8.16. The van der Waals surface area contributed by atoms with Gasteiger partial charge in [-0.05, 0) is 6.92 Å². The van der Waals surface area contributed by atoms with Crippen molar-refractivity contribution in [2.45, 2.75) is 36.8 Å². The highest BCUT2D eigenvalue weighted by Gasteiger charge is 2.51. The van der Waals surface area contributed by atoms with E-state index >= 15 is 0 Å². The van der Waals surface area contributed by atoms with E-state index in [0.29, 0.717) is 11.9 Å². The topological polar surface area (TPSA) is 58.6 Å². The zero-order chi connectivity index (χ0) is 10.2. The molecule has 0 aromatic heterocycles. The molecular formula is C9H15NO3S. The number of hydrogen-bond acceptors (Lipinski definition) is 4. The molecule has 2 N–H and O–H groups in total. The Balaban J connectivity index is 1.82. The fourth-order valence-corrected chi connectivity index (χ4v) is 3.59. The first kappa shape index (κ1) is 10.3. The summed E-state index contributed by atoms with van der Waals surface area (Å²) in [6, 6.07) is -0.373. The lowest BCUT2D eigenvalue weighted by Crippen LogP contribution is -2.55. The van der Waals surface area contributed by atoms with Crippen molar-refractivity contribution in [2.24, 2.45) is 0 Å². The summed E-state index contributed by atoms with van der Waals surface area (Å²) in [5.41, 5.74) is 0. The summed E-state index contributed by atoms with van der Waals surface area (Å²) in [6.45, 7) is 2.73. The summed E-state index contributed by atoms with van der Waals surface area (Å²) in [6.07, 6.45) is 2.21. The number of carbonyl (C=O) groups is 1. The molecular weight excluding hydrogens is 202 g/mol. The maximum absolute atomic E-state index is 10.7. The number of aliphatic carboxylic acids is 1. The van der Waals surface area contributed by atoms with E-state index in [1.807, 2.05) is 6.92 Å². The van der Waals surface area contributed by atoms with Gasteiger partial charge < -0.3 is 9.84 Å². The first-order valence-corrected chi connectivity index (χ1v) is 5.90. The molecule has 0 aromatic rings. The molecule has 2 fully saturated rings. The molecule has 0 aromatic carbocycles. The molecule has 1 spiro atoms. The Hall–Kier alpha value is -0.260. The second-order valence-corrected chi connectivity index (χ2v) is 5.23. The molecule has 14 heavy (non-hydrogen) atoms. The van der Waals surface area contributed by atoms with Crippen molar-refractivity contribution in [1.82, 2.24) is 5.32 Å². The molecule has 1 unspecified atom stereocenters. The Morgan fingerprint density at radius 2 is 2.43 bits per heavy atom. The molecule has 1 aliphatic heterocycles. The van der Waals surface area contributed by atoms with Gasteiger partial charge in [-0.1, -0.05) is 0 Å². The Kier molecular flexibility index (Phi) is 2.72. The standard InChI is InChI=1S/C9H15NO3S/c1-2-13-6-3-9(4-6)10-7(5-14-9)8(11)12/h6-7,10H,2-5H2,1H3,(H,11,12). The smallest absolute Gasteiger partial charge is 0.321 e. The maximum atomic E-state index is 10.7. The minimum Gasteiger partial charge on any atom is -0.480 e. The largest absolute Gasteiger partial charge is 0.480 e. The van der Waals surface area contributed by atoms with Gasteiger partial charge >= 0.3 is 5.97 Å². The van der Waals surface area contributed by atoms with Crippen LogP contribution in [0.25, 0.3) is 0 Å². The van der Waals surface area contributed by atoms with Crippen LogP contribution in [0.1, 0.15) is 19.8 Å². The Labute approximate surface area is 87.4 Å². The first-order chi connectivity index (χ1) is 6.65. The number of hydrogen-bond donors (Lipinski definition) is 2. The molecule has 1 atom stereocenters. The van der Waals surface area contributed by atoms with Gasteiger partial charge in [0.05, 0.1) is 11.0 Å². The summed E-state index contributed by atoms with van der Waals surface area (Å²) >= 11 is 1.73. The van der Waals surface area contributed by atoms with E-state index in [0.717, 1.165) is 19.4 Å². The molecule has 1 saturated carbocycles. The van der Waals surface area contributed by atoms with Gasteiger partial charge in [0.25, 0.3) is 0 Å². The van der Waals surface area contributed by atoms with Crippen LogP contribution in [0.3, 0.4) is 0 Å². The highest BCUT2D eigenvalue weighted by atomic mass is 32.2. The van der Waals surface area contributed by atoms with Crippen molar-refractivity contribution in [3.63, 3.8) is 0 Å². The van der Waals surface area contributed by atoms with Crippen molar-refractivity contribution in [2.75, 3.05) is 12.4 Å². The van der Waals surface area contributed by atoms with Gasteiger partial charge in [0.2, 0.25) is 0 Å². The van der Waals surface area contributed by atoms with E-state index < -0.39 is 5.97 Å². The van der Waals surface area contributed by atoms with Crippen LogP contribution in [0.4, 0.5) is 0 Å². The van der Waals surface area contributed by atoms with Gasteiger partial charge in [-0.25, -0.2) is 0 Å². The summed E-state index contributed by atoms with van der Waals surface area (Å²) in [7, 11) is 0. The lowest BCUT2D eigenvalue weighted by molar-refractivity contribution is -0.139. The number of thioether (sulfide) groups is 1. The summed E-state index contributed by atoms with van der Waals surface area (Å²) < 4.78 is 5.46. The number of ether oxygens (including phenoxy) is 1. The molecule has 1 saturated heterocycles. The highest BCUT2D eigenvalue weighted by molar-refractivity contribution is 8.01. The second-order valence-electron chi connectivity index (χ2n) is 3.83. The quantitative estimate of drug-likeness (QED) is 0.727. The zero-order valence-corrected chi connectivity index (χ0v) is 8.97. The van der Waals surface area contributed by atoms with Crippen LogP contribution in [0, 0.1) is 0 Å². The van der Waals surface area contributed by atoms with Crippen molar-refractivity contribution in [1.29, 1.82) is 0 Å². The molecule has 0 amide bonds. The molecule has 80 valence electrons. The predicted octanol–water partition coefficient (Wildman–Crippen LogP) is 0.671. The van der Waals surface area contributed by atoms with E-state index in [1.165, 1.54) is 0 Å². The third-order valence-corrected chi connectivity index (χ3v) is 4.28. The molecule has 4 nitrogen and oxygen atoms in total. The Morgan fingerprint density at radius 3 is 2.93 bits per heavy atom. The Bertz CT molecular complexity index is 240. The first-order valence-electron chi connectivity index (χ1n) is 4.91. The van der Waals surface area contributed by atoms with E-state index in [9.17, 15) is 4.79 Å². The number of nitrogens with one attached hydrogen (secondary N) is 1. The minimum atomic E-state index is -0.741. The van der Waals surface area contributed by atoms with Crippen molar-refractivity contribution in [3.05, 3.63) is 0 Å². The fourth-order valence-electron chi connectivity index (χ4n) is 2.04. The van der Waals surface area contributed by atoms with Gasteiger partial charge in [0.15, 0.2) is 0 Å². The van der Waals surface area contributed by atoms with Crippen LogP contribution in [0.15, 0.2) is 0 Å². The van der Waals surface area contributed by atoms with Crippen molar-refractivity contribution < 1.29 is 14.6 Å². The van der Waals surface area contributed by atoms with Crippen LogP contribution in [0.2, 0.25) is 0 Å². The number of carboxylic acid groups (broad SMARTS) is 1. The monoisotopic (exact) mass is 217 g/mol. The number of carboxylic acids is 1. The fraction of sp³-hybridized carbons (Fsp3) is 0.889. The van der Waals surface area contributed by atoms with Gasteiger partial charge in [-0.15, -0.1) is 11.8 Å². The van der Waals surface area contributed by atoms with E-state index in [-0.39, 0.29) is 10.9 Å². The SMILES string of the molecule is CCOC1CC2(C1)NC(C(=O)O)CS2. The molecule has 1 heterocycles. The van der Waals surface area contributed by atoms with Gasteiger partial charge in [0.1, 0.15) is 6.04 Å². The van der Waals surface area contributed by atoms with E-state index in [1.54, 1.807) is 11.8 Å². The molecule has 0 bridgehead atoms. The van der Waals surface area contributed by atoms with Crippen LogP contribution in [-0.2, 0) is 9.53 Å². The molecule has 5 heteroatoms. The third-order valence-electron chi connectivity index (χ3n) is 2.78. The van der Waals surface area contributed by atoms with Crippen LogP contribution in [0.5, 0.6) is 0 Å². The van der Waals surface area contributed by atoms with Crippen molar-refractivity contribution in [3.8, 4) is 0 Å². The molecule has 2 aliphatic rings. The second kappa shape index (κ2) is 3.72. The van der Waals surface area contributed by atoms with Crippen LogP contribution >= 0.6 is 11.8 Å². The normalized spacial score (nSPS) is 41.2. The molecule has 1 aliphatic carbocycles. The number of rotatable bonds is 3. The summed E-state index contributed by atoms with van der Waals surface area (Å²) in [5.74, 6) is -0.0667. The van der Waals surface area contributed by atoms with E-state index in [2.05, 4.69) is 5.32 Å². The maximum Gasteiger partial charge on any atom is 0.321 e. The Morgan fingerprint density at radius 1 is 1.71 bits per heavy atom.